The standard InChI is InChI=1S/C25H25FN2O6/c26-18-4-1-16(2-5-18)22-21(23(29)17-3-6-19-20(15-17)34-14-13-33-19)24(30)25(31)28(22)8-7-27-9-11-32-12-10-27/h1-6,15,22,29H,7-14H2/b23-21+. The highest BCUT2D eigenvalue weighted by atomic mass is 19.1. The van der Waals surface area contributed by atoms with Gasteiger partial charge in [-0.3, -0.25) is 14.5 Å². The third-order valence-corrected chi connectivity index (χ3v) is 6.30. The number of likely N-dealkylation sites (tertiary alicyclic amines) is 1. The summed E-state index contributed by atoms with van der Waals surface area (Å²) in [7, 11) is 0. The Kier molecular flexibility index (Phi) is 6.21. The van der Waals surface area contributed by atoms with E-state index in [-0.39, 0.29) is 17.9 Å². The van der Waals surface area contributed by atoms with Crippen LogP contribution in [0.15, 0.2) is 48.0 Å². The van der Waals surface area contributed by atoms with Crippen LogP contribution in [0.5, 0.6) is 11.5 Å². The molecule has 3 heterocycles. The first kappa shape index (κ1) is 22.4. The van der Waals surface area contributed by atoms with Crippen LogP contribution in [0.25, 0.3) is 5.76 Å². The van der Waals surface area contributed by atoms with E-state index in [1.807, 2.05) is 0 Å². The Morgan fingerprint density at radius 3 is 2.38 bits per heavy atom. The zero-order chi connectivity index (χ0) is 23.7. The Morgan fingerprint density at radius 2 is 1.65 bits per heavy atom. The Hall–Kier alpha value is -3.43. The second kappa shape index (κ2) is 9.44. The molecule has 2 aromatic rings. The van der Waals surface area contributed by atoms with Crippen LogP contribution in [0.4, 0.5) is 4.39 Å². The molecule has 2 fully saturated rings. The summed E-state index contributed by atoms with van der Waals surface area (Å²) in [4.78, 5) is 29.8. The van der Waals surface area contributed by atoms with Crippen molar-refractivity contribution in [3.63, 3.8) is 0 Å². The van der Waals surface area contributed by atoms with Crippen LogP contribution in [0.3, 0.4) is 0 Å². The number of rotatable bonds is 5. The molecule has 2 saturated heterocycles. The zero-order valence-electron chi connectivity index (χ0n) is 18.5. The molecule has 0 aliphatic carbocycles. The number of fused-ring (bicyclic) bond motifs is 1. The van der Waals surface area contributed by atoms with Crippen molar-refractivity contribution in [3.8, 4) is 11.5 Å². The van der Waals surface area contributed by atoms with E-state index >= 15 is 0 Å². The van der Waals surface area contributed by atoms with Gasteiger partial charge < -0.3 is 24.2 Å². The molecular formula is C25H25FN2O6. The van der Waals surface area contributed by atoms with Crippen molar-refractivity contribution in [2.75, 3.05) is 52.6 Å². The van der Waals surface area contributed by atoms with E-state index in [2.05, 4.69) is 4.90 Å². The number of ketones is 1. The molecule has 3 aliphatic rings. The predicted octanol–water partition coefficient (Wildman–Crippen LogP) is 2.35. The Labute approximate surface area is 196 Å². The van der Waals surface area contributed by atoms with Gasteiger partial charge in [-0.05, 0) is 35.9 Å². The number of amides is 1. The number of Topliss-reactive ketones (excluding diaryl/α,β-unsaturated/α-hetero) is 1. The van der Waals surface area contributed by atoms with Crippen molar-refractivity contribution < 1.29 is 33.3 Å². The number of hydrogen-bond donors (Lipinski definition) is 1. The molecule has 0 radical (unpaired) electrons. The van der Waals surface area contributed by atoms with Gasteiger partial charge in [-0.25, -0.2) is 4.39 Å². The summed E-state index contributed by atoms with van der Waals surface area (Å²) in [6, 6.07) is 9.65. The number of benzene rings is 2. The molecule has 5 rings (SSSR count). The van der Waals surface area contributed by atoms with Gasteiger partial charge in [-0.15, -0.1) is 0 Å². The first-order chi connectivity index (χ1) is 16.5. The average Bonchev–Trinajstić information content (AvgIpc) is 3.12. The van der Waals surface area contributed by atoms with Gasteiger partial charge in [0.25, 0.3) is 11.7 Å². The molecule has 0 spiro atoms. The summed E-state index contributed by atoms with van der Waals surface area (Å²) in [6.45, 7) is 4.35. The zero-order valence-corrected chi connectivity index (χ0v) is 18.5. The molecule has 178 valence electrons. The Bertz CT molecular complexity index is 1130. The van der Waals surface area contributed by atoms with Crippen molar-refractivity contribution in [2.24, 2.45) is 0 Å². The maximum atomic E-state index is 13.6. The molecule has 9 heteroatoms. The second-order valence-corrected chi connectivity index (χ2v) is 8.36. The lowest BCUT2D eigenvalue weighted by atomic mass is 9.95. The number of nitrogens with zero attached hydrogens (tertiary/aromatic N) is 2. The fourth-order valence-corrected chi connectivity index (χ4v) is 4.52. The first-order valence-corrected chi connectivity index (χ1v) is 11.3. The second-order valence-electron chi connectivity index (χ2n) is 8.36. The van der Waals surface area contributed by atoms with Crippen LogP contribution in [-0.4, -0.2) is 79.2 Å². The third-order valence-electron chi connectivity index (χ3n) is 6.30. The van der Waals surface area contributed by atoms with Crippen molar-refractivity contribution >= 4 is 17.4 Å². The lowest BCUT2D eigenvalue weighted by molar-refractivity contribution is -0.140. The van der Waals surface area contributed by atoms with Crippen LogP contribution in [-0.2, 0) is 14.3 Å². The van der Waals surface area contributed by atoms with Gasteiger partial charge in [-0.1, -0.05) is 12.1 Å². The van der Waals surface area contributed by atoms with Crippen LogP contribution >= 0.6 is 0 Å². The minimum absolute atomic E-state index is 0.0322. The summed E-state index contributed by atoms with van der Waals surface area (Å²) in [5.41, 5.74) is 0.847. The van der Waals surface area contributed by atoms with E-state index in [1.54, 1.807) is 18.2 Å². The minimum Gasteiger partial charge on any atom is -0.507 e. The predicted molar refractivity (Wildman–Crippen MR) is 120 cm³/mol. The number of carbonyl (C=O) groups is 2. The number of carbonyl (C=O) groups excluding carboxylic acids is 2. The molecule has 8 nitrogen and oxygen atoms in total. The van der Waals surface area contributed by atoms with Gasteiger partial charge in [0.1, 0.15) is 24.8 Å². The van der Waals surface area contributed by atoms with Gasteiger partial charge in [0.2, 0.25) is 0 Å². The number of morpholine rings is 1. The fourth-order valence-electron chi connectivity index (χ4n) is 4.52. The lowest BCUT2D eigenvalue weighted by Crippen LogP contribution is -2.42. The average molecular weight is 468 g/mol. The van der Waals surface area contributed by atoms with E-state index in [1.165, 1.54) is 29.2 Å². The topological polar surface area (TPSA) is 88.5 Å². The number of ether oxygens (including phenoxy) is 3. The first-order valence-electron chi connectivity index (χ1n) is 11.3. The van der Waals surface area contributed by atoms with Crippen molar-refractivity contribution in [1.82, 2.24) is 9.80 Å². The normalized spacial score (nSPS) is 22.3. The molecule has 2 aromatic carbocycles. The minimum atomic E-state index is -0.838. The number of halogens is 1. The lowest BCUT2D eigenvalue weighted by Gasteiger charge is -2.31. The number of hydrogen-bond acceptors (Lipinski definition) is 7. The van der Waals surface area contributed by atoms with E-state index in [9.17, 15) is 19.1 Å². The molecular weight excluding hydrogens is 443 g/mol. The van der Waals surface area contributed by atoms with Gasteiger partial charge in [0.15, 0.2) is 11.5 Å². The number of aliphatic hydroxyl groups excluding tert-OH is 1. The van der Waals surface area contributed by atoms with E-state index in [0.717, 1.165) is 13.1 Å². The van der Waals surface area contributed by atoms with Gasteiger partial charge in [0.05, 0.1) is 24.8 Å². The molecule has 1 amide bonds. The van der Waals surface area contributed by atoms with Crippen molar-refractivity contribution in [3.05, 3.63) is 65.0 Å². The SMILES string of the molecule is O=C1C(=O)N(CCN2CCOCC2)C(c2ccc(F)cc2)/C1=C(\O)c1ccc2c(c1)OCCO2. The molecule has 0 saturated carbocycles. The van der Waals surface area contributed by atoms with E-state index in [4.69, 9.17) is 14.2 Å². The largest absolute Gasteiger partial charge is 0.507 e. The summed E-state index contributed by atoms with van der Waals surface area (Å²) in [6.07, 6.45) is 0. The molecule has 34 heavy (non-hydrogen) atoms. The molecule has 0 bridgehead atoms. The highest BCUT2D eigenvalue weighted by Crippen LogP contribution is 2.41. The van der Waals surface area contributed by atoms with E-state index < -0.39 is 23.5 Å². The van der Waals surface area contributed by atoms with Crippen molar-refractivity contribution in [2.45, 2.75) is 6.04 Å². The summed E-state index contributed by atoms with van der Waals surface area (Å²) in [5, 5.41) is 11.2. The number of aliphatic hydroxyl groups is 1. The summed E-state index contributed by atoms with van der Waals surface area (Å²) < 4.78 is 30.1. The fraction of sp³-hybridized carbons (Fsp3) is 0.360. The molecule has 0 aromatic heterocycles. The van der Waals surface area contributed by atoms with Gasteiger partial charge in [0, 0.05) is 31.7 Å². The molecule has 1 atom stereocenters. The summed E-state index contributed by atoms with van der Waals surface area (Å²) in [5.74, 6) is -1.20. The quantitative estimate of drug-likeness (QED) is 0.409. The smallest absolute Gasteiger partial charge is 0.295 e. The van der Waals surface area contributed by atoms with E-state index in [0.29, 0.717) is 55.6 Å². The molecule has 1 unspecified atom stereocenters. The Balaban J connectivity index is 1.53. The maximum Gasteiger partial charge on any atom is 0.295 e. The third kappa shape index (κ3) is 4.24. The summed E-state index contributed by atoms with van der Waals surface area (Å²) >= 11 is 0. The maximum absolute atomic E-state index is 13.6. The highest BCUT2D eigenvalue weighted by Gasteiger charge is 2.46. The van der Waals surface area contributed by atoms with Crippen LogP contribution in [0.1, 0.15) is 17.2 Å². The van der Waals surface area contributed by atoms with Crippen LogP contribution in [0, 0.1) is 5.82 Å². The monoisotopic (exact) mass is 468 g/mol. The van der Waals surface area contributed by atoms with Crippen LogP contribution < -0.4 is 9.47 Å². The van der Waals surface area contributed by atoms with Crippen molar-refractivity contribution in [1.29, 1.82) is 0 Å². The van der Waals surface area contributed by atoms with Gasteiger partial charge >= 0.3 is 0 Å². The molecule has 1 N–H and O–H groups in total. The Morgan fingerprint density at radius 1 is 0.941 bits per heavy atom. The highest BCUT2D eigenvalue weighted by molar-refractivity contribution is 6.46. The molecule has 3 aliphatic heterocycles. The van der Waals surface area contributed by atoms with Crippen LogP contribution in [0.2, 0.25) is 0 Å². The van der Waals surface area contributed by atoms with Gasteiger partial charge in [-0.2, -0.15) is 0 Å².